The van der Waals surface area contributed by atoms with Gasteiger partial charge >= 0.3 is 0 Å². The van der Waals surface area contributed by atoms with Crippen LogP contribution in [-0.2, 0) is 0 Å². The normalized spacial score (nSPS) is 10.0. The third-order valence-electron chi connectivity index (χ3n) is 2.41. The molecule has 0 saturated heterocycles. The summed E-state index contributed by atoms with van der Waals surface area (Å²) in [5.74, 6) is 1.36. The molecule has 0 aliphatic heterocycles. The van der Waals surface area contributed by atoms with Crippen molar-refractivity contribution >= 4 is 6.29 Å². The Labute approximate surface area is 99.3 Å². The second kappa shape index (κ2) is 4.74. The van der Waals surface area contributed by atoms with Gasteiger partial charge in [0.2, 0.25) is 0 Å². The van der Waals surface area contributed by atoms with Gasteiger partial charge in [-0.25, -0.2) is 9.97 Å². The Morgan fingerprint density at radius 1 is 1.35 bits per heavy atom. The van der Waals surface area contributed by atoms with Gasteiger partial charge in [0.05, 0.1) is 18.4 Å². The summed E-state index contributed by atoms with van der Waals surface area (Å²) in [5, 5.41) is 0. The van der Waals surface area contributed by atoms with E-state index in [0.29, 0.717) is 17.1 Å². The van der Waals surface area contributed by atoms with E-state index in [1.165, 1.54) is 6.20 Å². The van der Waals surface area contributed by atoms with Crippen LogP contribution in [0.3, 0.4) is 0 Å². The third kappa shape index (κ3) is 2.30. The van der Waals surface area contributed by atoms with Crippen molar-refractivity contribution in [3.8, 4) is 17.0 Å². The van der Waals surface area contributed by atoms with Gasteiger partial charge in [0.1, 0.15) is 11.6 Å². The predicted molar refractivity (Wildman–Crippen MR) is 64.1 cm³/mol. The monoisotopic (exact) mass is 228 g/mol. The van der Waals surface area contributed by atoms with E-state index in [1.54, 1.807) is 14.0 Å². The van der Waals surface area contributed by atoms with E-state index in [9.17, 15) is 4.79 Å². The molecule has 0 N–H and O–H groups in total. The SMILES string of the molecule is COc1cccc(-c2nc(C)ncc2C=O)c1. The molecule has 0 aliphatic rings. The Bertz CT molecular complexity index is 553. The summed E-state index contributed by atoms with van der Waals surface area (Å²) in [5.41, 5.74) is 1.95. The minimum absolute atomic E-state index is 0.476. The Balaban J connectivity index is 2.58. The van der Waals surface area contributed by atoms with Crippen LogP contribution in [0.15, 0.2) is 30.5 Å². The van der Waals surface area contributed by atoms with Gasteiger partial charge in [0.15, 0.2) is 6.29 Å². The maximum absolute atomic E-state index is 11.0. The van der Waals surface area contributed by atoms with Crippen molar-refractivity contribution < 1.29 is 9.53 Å². The Morgan fingerprint density at radius 3 is 2.88 bits per heavy atom. The number of nitrogens with zero attached hydrogens (tertiary/aromatic N) is 2. The maximum Gasteiger partial charge on any atom is 0.153 e. The number of aryl methyl sites for hydroxylation is 1. The van der Waals surface area contributed by atoms with Gasteiger partial charge in [-0.1, -0.05) is 12.1 Å². The minimum atomic E-state index is 0.476. The van der Waals surface area contributed by atoms with Gasteiger partial charge < -0.3 is 4.74 Å². The molecule has 0 fully saturated rings. The number of aldehydes is 1. The third-order valence-corrected chi connectivity index (χ3v) is 2.41. The number of ether oxygens (including phenoxy) is 1. The van der Waals surface area contributed by atoms with Crippen LogP contribution in [0.2, 0.25) is 0 Å². The summed E-state index contributed by atoms with van der Waals surface area (Å²) in [7, 11) is 1.60. The van der Waals surface area contributed by atoms with Crippen molar-refractivity contribution in [1.82, 2.24) is 9.97 Å². The summed E-state index contributed by atoms with van der Waals surface area (Å²) in [6.45, 7) is 1.79. The van der Waals surface area contributed by atoms with E-state index >= 15 is 0 Å². The number of aromatic nitrogens is 2. The number of carbonyl (C=O) groups is 1. The van der Waals surface area contributed by atoms with Gasteiger partial charge in [-0.05, 0) is 19.1 Å². The molecule has 0 spiro atoms. The molecule has 86 valence electrons. The summed E-state index contributed by atoms with van der Waals surface area (Å²) >= 11 is 0. The van der Waals surface area contributed by atoms with Crippen LogP contribution in [0.25, 0.3) is 11.3 Å². The molecule has 1 heterocycles. The molecular weight excluding hydrogens is 216 g/mol. The molecule has 0 radical (unpaired) electrons. The van der Waals surface area contributed by atoms with Gasteiger partial charge in [0, 0.05) is 11.8 Å². The molecule has 1 aromatic carbocycles. The lowest BCUT2D eigenvalue weighted by atomic mass is 10.1. The molecule has 2 aromatic rings. The standard InChI is InChI=1S/C13H12N2O2/c1-9-14-7-11(8-16)13(15-9)10-4-3-5-12(6-10)17-2/h3-8H,1-2H3. The fourth-order valence-electron chi connectivity index (χ4n) is 1.57. The van der Waals surface area contributed by atoms with E-state index in [4.69, 9.17) is 4.74 Å². The Morgan fingerprint density at radius 2 is 2.18 bits per heavy atom. The second-order valence-corrected chi connectivity index (χ2v) is 3.57. The molecule has 1 aromatic heterocycles. The number of methoxy groups -OCH3 is 1. The maximum atomic E-state index is 11.0. The number of rotatable bonds is 3. The summed E-state index contributed by atoms with van der Waals surface area (Å²) in [6, 6.07) is 7.43. The molecule has 2 rings (SSSR count). The quantitative estimate of drug-likeness (QED) is 0.756. The van der Waals surface area contributed by atoms with Crippen LogP contribution >= 0.6 is 0 Å². The highest BCUT2D eigenvalue weighted by molar-refractivity contribution is 5.85. The highest BCUT2D eigenvalue weighted by Gasteiger charge is 2.08. The van der Waals surface area contributed by atoms with Crippen LogP contribution < -0.4 is 4.74 Å². The average molecular weight is 228 g/mol. The Hall–Kier alpha value is -2.23. The lowest BCUT2D eigenvalue weighted by Crippen LogP contribution is -1.97. The summed E-state index contributed by atoms with van der Waals surface area (Å²) in [6.07, 6.45) is 2.29. The van der Waals surface area contributed by atoms with Gasteiger partial charge in [-0.3, -0.25) is 4.79 Å². The van der Waals surface area contributed by atoms with Crippen molar-refractivity contribution in [2.75, 3.05) is 7.11 Å². The van der Waals surface area contributed by atoms with Crippen LogP contribution in [0.4, 0.5) is 0 Å². The highest BCUT2D eigenvalue weighted by Crippen LogP contribution is 2.24. The molecule has 0 aliphatic carbocycles. The number of benzene rings is 1. The lowest BCUT2D eigenvalue weighted by Gasteiger charge is -2.06. The van der Waals surface area contributed by atoms with Crippen LogP contribution in [-0.4, -0.2) is 23.4 Å². The first kappa shape index (κ1) is 11.3. The van der Waals surface area contributed by atoms with Crippen molar-refractivity contribution in [2.24, 2.45) is 0 Å². The molecular formula is C13H12N2O2. The predicted octanol–water partition coefficient (Wildman–Crippen LogP) is 2.27. The molecule has 0 unspecified atom stereocenters. The fourth-order valence-corrected chi connectivity index (χ4v) is 1.57. The minimum Gasteiger partial charge on any atom is -0.497 e. The summed E-state index contributed by atoms with van der Waals surface area (Å²) < 4.78 is 5.15. The van der Waals surface area contributed by atoms with Crippen molar-refractivity contribution in [1.29, 1.82) is 0 Å². The van der Waals surface area contributed by atoms with Crippen LogP contribution in [0, 0.1) is 6.92 Å². The second-order valence-electron chi connectivity index (χ2n) is 3.57. The number of hydrogen-bond donors (Lipinski definition) is 0. The number of carbonyl (C=O) groups excluding carboxylic acids is 1. The van der Waals surface area contributed by atoms with E-state index in [1.807, 2.05) is 24.3 Å². The van der Waals surface area contributed by atoms with Gasteiger partial charge in [-0.15, -0.1) is 0 Å². The van der Waals surface area contributed by atoms with Crippen molar-refractivity contribution in [2.45, 2.75) is 6.92 Å². The van der Waals surface area contributed by atoms with Crippen LogP contribution in [0.1, 0.15) is 16.2 Å². The molecule has 0 atom stereocenters. The fraction of sp³-hybridized carbons (Fsp3) is 0.154. The highest BCUT2D eigenvalue weighted by atomic mass is 16.5. The summed E-state index contributed by atoms with van der Waals surface area (Å²) in [4.78, 5) is 19.3. The molecule has 4 nitrogen and oxygen atoms in total. The lowest BCUT2D eigenvalue weighted by molar-refractivity contribution is 0.112. The smallest absolute Gasteiger partial charge is 0.153 e. The number of hydrogen-bond acceptors (Lipinski definition) is 4. The zero-order valence-corrected chi connectivity index (χ0v) is 9.68. The van der Waals surface area contributed by atoms with Crippen LogP contribution in [0.5, 0.6) is 5.75 Å². The average Bonchev–Trinajstić information content (AvgIpc) is 2.39. The van der Waals surface area contributed by atoms with E-state index < -0.39 is 0 Å². The molecule has 17 heavy (non-hydrogen) atoms. The zero-order chi connectivity index (χ0) is 12.3. The van der Waals surface area contributed by atoms with E-state index in [0.717, 1.165) is 17.6 Å². The van der Waals surface area contributed by atoms with Gasteiger partial charge in [-0.2, -0.15) is 0 Å². The Kier molecular flexibility index (Phi) is 3.14. The largest absolute Gasteiger partial charge is 0.497 e. The van der Waals surface area contributed by atoms with E-state index in [-0.39, 0.29) is 0 Å². The topological polar surface area (TPSA) is 52.1 Å². The first-order valence-corrected chi connectivity index (χ1v) is 5.18. The molecule has 0 saturated carbocycles. The van der Waals surface area contributed by atoms with Crippen molar-refractivity contribution in [3.63, 3.8) is 0 Å². The molecule has 0 bridgehead atoms. The molecule has 4 heteroatoms. The zero-order valence-electron chi connectivity index (χ0n) is 9.68. The molecule has 0 amide bonds. The van der Waals surface area contributed by atoms with E-state index in [2.05, 4.69) is 9.97 Å². The van der Waals surface area contributed by atoms with Crippen molar-refractivity contribution in [3.05, 3.63) is 41.9 Å². The first-order valence-electron chi connectivity index (χ1n) is 5.18. The first-order chi connectivity index (χ1) is 8.24. The van der Waals surface area contributed by atoms with Gasteiger partial charge in [0.25, 0.3) is 0 Å².